The molecule has 0 bridgehead atoms. The van der Waals surface area contributed by atoms with Gasteiger partial charge in [-0.25, -0.2) is 9.07 Å². The van der Waals surface area contributed by atoms with Gasteiger partial charge in [0, 0.05) is 23.7 Å². The molecular formula is C19H24FN3S. The molecule has 128 valence electrons. The molecule has 1 aliphatic rings. The molecule has 1 aromatic carbocycles. The van der Waals surface area contributed by atoms with E-state index in [-0.39, 0.29) is 5.82 Å². The second-order valence-electron chi connectivity index (χ2n) is 6.34. The van der Waals surface area contributed by atoms with Crippen LogP contribution in [0, 0.1) is 11.7 Å². The second kappa shape index (κ2) is 7.88. The summed E-state index contributed by atoms with van der Waals surface area (Å²) in [6.07, 6.45) is 7.21. The summed E-state index contributed by atoms with van der Waals surface area (Å²) in [5, 5.41) is 6.94. The number of hydrogen-bond donors (Lipinski definition) is 0. The zero-order valence-corrected chi connectivity index (χ0v) is 15.2. The fraction of sp³-hybridized carbons (Fsp3) is 0.474. The highest BCUT2D eigenvalue weighted by molar-refractivity contribution is 7.07. The van der Waals surface area contributed by atoms with Crippen LogP contribution in [-0.2, 0) is 0 Å². The van der Waals surface area contributed by atoms with Crippen molar-refractivity contribution in [2.75, 3.05) is 7.05 Å². The van der Waals surface area contributed by atoms with Crippen molar-refractivity contribution >= 4 is 17.0 Å². The summed E-state index contributed by atoms with van der Waals surface area (Å²) >= 11 is 1.57. The molecular weight excluding hydrogens is 321 g/mol. The van der Waals surface area contributed by atoms with Gasteiger partial charge in [0.25, 0.3) is 0 Å². The highest BCUT2D eigenvalue weighted by Crippen LogP contribution is 2.27. The molecule has 3 nitrogen and oxygen atoms in total. The fourth-order valence-corrected chi connectivity index (χ4v) is 4.11. The third kappa shape index (κ3) is 3.83. The summed E-state index contributed by atoms with van der Waals surface area (Å²) in [4.78, 5) is 5.22. The number of hydrogen-bond acceptors (Lipinski definition) is 3. The van der Waals surface area contributed by atoms with Crippen LogP contribution >= 0.6 is 11.3 Å². The Kier molecular flexibility index (Phi) is 5.61. The summed E-state index contributed by atoms with van der Waals surface area (Å²) in [5.41, 5.74) is 3.19. The van der Waals surface area contributed by atoms with Crippen LogP contribution in [0.5, 0.6) is 0 Å². The van der Waals surface area contributed by atoms with Gasteiger partial charge in [0.1, 0.15) is 5.82 Å². The Bertz CT molecular complexity index is 761. The van der Waals surface area contributed by atoms with E-state index in [0.29, 0.717) is 0 Å². The Morgan fingerprint density at radius 3 is 2.54 bits per heavy atom. The lowest BCUT2D eigenvalue weighted by Crippen LogP contribution is -2.18. The van der Waals surface area contributed by atoms with Crippen LogP contribution in [0.2, 0.25) is 0 Å². The van der Waals surface area contributed by atoms with Gasteiger partial charge in [-0.1, -0.05) is 19.8 Å². The Labute approximate surface area is 146 Å². The first-order valence-corrected chi connectivity index (χ1v) is 9.55. The first kappa shape index (κ1) is 17.1. The van der Waals surface area contributed by atoms with E-state index in [1.54, 1.807) is 30.5 Å². The van der Waals surface area contributed by atoms with Crippen molar-refractivity contribution in [1.82, 2.24) is 4.68 Å². The van der Waals surface area contributed by atoms with Gasteiger partial charge in [-0.2, -0.15) is 5.10 Å². The molecule has 0 saturated heterocycles. The van der Waals surface area contributed by atoms with Crippen LogP contribution in [0.4, 0.5) is 4.39 Å². The van der Waals surface area contributed by atoms with Crippen LogP contribution in [0.15, 0.2) is 39.7 Å². The van der Waals surface area contributed by atoms with Crippen molar-refractivity contribution < 1.29 is 4.39 Å². The van der Waals surface area contributed by atoms with Gasteiger partial charge >= 0.3 is 0 Å². The van der Waals surface area contributed by atoms with E-state index in [9.17, 15) is 4.39 Å². The van der Waals surface area contributed by atoms with E-state index in [1.807, 2.05) is 10.1 Å². The minimum Gasteiger partial charge on any atom is -0.261 e. The third-order valence-corrected chi connectivity index (χ3v) is 5.54. The summed E-state index contributed by atoms with van der Waals surface area (Å²) in [6.45, 7) is 2.26. The van der Waals surface area contributed by atoms with Crippen molar-refractivity contribution in [3.05, 3.63) is 40.3 Å². The zero-order valence-electron chi connectivity index (χ0n) is 14.3. The van der Waals surface area contributed by atoms with Crippen molar-refractivity contribution in [3.63, 3.8) is 0 Å². The Hall–Kier alpha value is -1.75. The number of aromatic nitrogens is 1. The first-order chi connectivity index (χ1) is 11.7. The van der Waals surface area contributed by atoms with Crippen LogP contribution < -0.4 is 4.80 Å². The Balaban J connectivity index is 1.89. The lowest BCUT2D eigenvalue weighted by atomic mass is 9.85. The molecule has 5 heteroatoms. The molecule has 1 fully saturated rings. The van der Waals surface area contributed by atoms with E-state index in [2.05, 4.69) is 11.9 Å². The van der Waals surface area contributed by atoms with E-state index in [1.165, 1.54) is 43.5 Å². The number of nitrogens with zero attached hydrogens (tertiary/aromatic N) is 3. The smallest absolute Gasteiger partial charge is 0.205 e. The highest BCUT2D eigenvalue weighted by Gasteiger charge is 2.18. The molecule has 0 radical (unpaired) electrons. The Morgan fingerprint density at radius 1 is 1.21 bits per heavy atom. The van der Waals surface area contributed by atoms with Crippen LogP contribution in [0.3, 0.4) is 0 Å². The topological polar surface area (TPSA) is 29.6 Å². The average molecular weight is 345 g/mol. The molecule has 0 spiro atoms. The van der Waals surface area contributed by atoms with Crippen molar-refractivity contribution in [2.24, 2.45) is 16.0 Å². The zero-order chi connectivity index (χ0) is 16.9. The summed E-state index contributed by atoms with van der Waals surface area (Å²) in [5.74, 6) is 0.634. The van der Waals surface area contributed by atoms with Crippen LogP contribution in [0.25, 0.3) is 11.3 Å². The monoisotopic (exact) mass is 345 g/mol. The minimum absolute atomic E-state index is 0.221. The largest absolute Gasteiger partial charge is 0.261 e. The Morgan fingerprint density at radius 2 is 1.92 bits per heavy atom. The van der Waals surface area contributed by atoms with Gasteiger partial charge in [-0.05, 0) is 55.9 Å². The molecule has 0 atom stereocenters. The van der Waals surface area contributed by atoms with Crippen LogP contribution in [-0.4, -0.2) is 17.4 Å². The molecule has 2 aromatic rings. The van der Waals surface area contributed by atoms with E-state index in [0.717, 1.165) is 34.8 Å². The maximum Gasteiger partial charge on any atom is 0.205 e. The predicted octanol–water partition coefficient (Wildman–Crippen LogP) is 5.08. The van der Waals surface area contributed by atoms with Gasteiger partial charge in [0.05, 0.1) is 5.69 Å². The molecule has 0 aliphatic heterocycles. The molecule has 1 aromatic heterocycles. The average Bonchev–Trinajstić information content (AvgIpc) is 3.00. The van der Waals surface area contributed by atoms with E-state index in [4.69, 9.17) is 5.10 Å². The lowest BCUT2D eigenvalue weighted by Gasteiger charge is -2.22. The molecule has 3 rings (SSSR count). The summed E-state index contributed by atoms with van der Waals surface area (Å²) < 4.78 is 15.1. The van der Waals surface area contributed by atoms with Crippen LogP contribution in [0.1, 0.15) is 45.4 Å². The molecule has 24 heavy (non-hydrogen) atoms. The van der Waals surface area contributed by atoms with E-state index < -0.39 is 0 Å². The molecule has 1 aliphatic carbocycles. The lowest BCUT2D eigenvalue weighted by molar-refractivity contribution is 0.407. The van der Waals surface area contributed by atoms with E-state index >= 15 is 0 Å². The van der Waals surface area contributed by atoms with Crippen molar-refractivity contribution in [3.8, 4) is 11.3 Å². The van der Waals surface area contributed by atoms with Gasteiger partial charge < -0.3 is 0 Å². The maximum atomic E-state index is 13.2. The molecule has 0 N–H and O–H groups in total. The first-order valence-electron chi connectivity index (χ1n) is 8.67. The number of benzene rings is 1. The number of thiazole rings is 1. The number of rotatable bonds is 4. The molecule has 0 amide bonds. The molecule has 0 unspecified atom stereocenters. The minimum atomic E-state index is -0.221. The highest BCUT2D eigenvalue weighted by atomic mass is 32.1. The van der Waals surface area contributed by atoms with Gasteiger partial charge in [-0.3, -0.25) is 4.99 Å². The third-order valence-electron chi connectivity index (χ3n) is 4.64. The quantitative estimate of drug-likeness (QED) is 0.739. The molecule has 1 heterocycles. The SMILES string of the molecule is CCCC1CCC(=Nn2c(-c3ccc(F)cc3)csc2=NC)CC1. The van der Waals surface area contributed by atoms with Gasteiger partial charge in [-0.15, -0.1) is 11.3 Å². The fourth-order valence-electron chi connectivity index (χ4n) is 3.32. The second-order valence-corrected chi connectivity index (χ2v) is 7.18. The number of halogens is 1. The summed E-state index contributed by atoms with van der Waals surface area (Å²) in [7, 11) is 1.79. The van der Waals surface area contributed by atoms with Crippen molar-refractivity contribution in [2.45, 2.75) is 45.4 Å². The van der Waals surface area contributed by atoms with Crippen molar-refractivity contribution in [1.29, 1.82) is 0 Å². The normalized spacial score (nSPS) is 18.9. The van der Waals surface area contributed by atoms with Gasteiger partial charge in [0.2, 0.25) is 4.80 Å². The molecule has 1 saturated carbocycles. The standard InChI is InChI=1S/C19H24FN3S/c1-3-4-14-5-11-17(12-6-14)22-23-18(13-24-19(23)21-2)15-7-9-16(20)10-8-15/h7-10,13-14H,3-6,11-12H2,1-2H3. The summed E-state index contributed by atoms with van der Waals surface area (Å²) in [6, 6.07) is 6.57. The predicted molar refractivity (Wildman–Crippen MR) is 98.9 cm³/mol. The van der Waals surface area contributed by atoms with Gasteiger partial charge in [0.15, 0.2) is 0 Å². The maximum absolute atomic E-state index is 13.2.